The van der Waals surface area contributed by atoms with Gasteiger partial charge in [0.25, 0.3) is 5.91 Å². The average Bonchev–Trinajstić information content (AvgIpc) is 3.27. The molecule has 0 unspecified atom stereocenters. The van der Waals surface area contributed by atoms with Crippen LogP contribution in [0.2, 0.25) is 0 Å². The first-order valence-electron chi connectivity index (χ1n) is 10.0. The number of aromatic nitrogens is 2. The van der Waals surface area contributed by atoms with Crippen LogP contribution in [0.15, 0.2) is 89.5 Å². The predicted octanol–water partition coefficient (Wildman–Crippen LogP) is 4.85. The van der Waals surface area contributed by atoms with Gasteiger partial charge in [0.2, 0.25) is 5.89 Å². The van der Waals surface area contributed by atoms with E-state index in [9.17, 15) is 4.79 Å². The summed E-state index contributed by atoms with van der Waals surface area (Å²) in [5, 5.41) is 8.17. The lowest BCUT2D eigenvalue weighted by molar-refractivity contribution is 0.0977. The molecular weight excluding hydrogens is 420 g/mol. The van der Waals surface area contributed by atoms with E-state index in [-0.39, 0.29) is 11.0 Å². The Kier molecular flexibility index (Phi) is 5.31. The van der Waals surface area contributed by atoms with Gasteiger partial charge in [-0.05, 0) is 65.0 Å². The molecule has 2 N–H and O–H groups in total. The van der Waals surface area contributed by atoms with Gasteiger partial charge in [-0.3, -0.25) is 10.1 Å². The largest absolute Gasteiger partial charge is 0.434 e. The quantitative estimate of drug-likeness (QED) is 0.391. The standard InChI is InChI=1S/C25H18N4O2S/c30-23(20-12-11-17-4-1-2-5-19(17)14-20)29-25(32)27-15-16-7-9-18(10-8-16)24-28-22-21(31-24)6-3-13-26-22/h1-14H,15H2,(H2,27,29,30,32). The fourth-order valence-electron chi connectivity index (χ4n) is 3.39. The SMILES string of the molecule is O=C(NC(=S)NCc1ccc(-c2nc3ncccc3o2)cc1)c1ccc2ccccc2c1. The minimum Gasteiger partial charge on any atom is -0.434 e. The number of thiocarbonyl (C=S) groups is 1. The van der Waals surface area contributed by atoms with E-state index in [0.29, 0.717) is 29.2 Å². The second-order valence-electron chi connectivity index (χ2n) is 7.24. The zero-order chi connectivity index (χ0) is 21.9. The highest BCUT2D eigenvalue weighted by Gasteiger charge is 2.10. The summed E-state index contributed by atoms with van der Waals surface area (Å²) in [4.78, 5) is 21.1. The lowest BCUT2D eigenvalue weighted by Crippen LogP contribution is -2.38. The molecule has 2 aromatic heterocycles. The molecule has 0 spiro atoms. The molecule has 1 amide bonds. The van der Waals surface area contributed by atoms with Crippen LogP contribution in [-0.2, 0) is 6.54 Å². The number of oxazole rings is 1. The average molecular weight is 439 g/mol. The van der Waals surface area contributed by atoms with Crippen molar-refractivity contribution in [2.75, 3.05) is 0 Å². The van der Waals surface area contributed by atoms with Crippen LogP contribution in [0.5, 0.6) is 0 Å². The van der Waals surface area contributed by atoms with E-state index in [2.05, 4.69) is 20.6 Å². The van der Waals surface area contributed by atoms with E-state index in [1.807, 2.05) is 72.8 Å². The second-order valence-corrected chi connectivity index (χ2v) is 7.65. The number of amides is 1. The zero-order valence-electron chi connectivity index (χ0n) is 16.9. The number of pyridine rings is 1. The van der Waals surface area contributed by atoms with Gasteiger partial charge in [0, 0.05) is 23.9 Å². The number of carbonyl (C=O) groups is 1. The van der Waals surface area contributed by atoms with Gasteiger partial charge < -0.3 is 9.73 Å². The van der Waals surface area contributed by atoms with E-state index in [0.717, 1.165) is 21.9 Å². The van der Waals surface area contributed by atoms with Crippen LogP contribution >= 0.6 is 12.2 Å². The van der Waals surface area contributed by atoms with E-state index >= 15 is 0 Å². The number of rotatable bonds is 4. The predicted molar refractivity (Wildman–Crippen MR) is 128 cm³/mol. The summed E-state index contributed by atoms with van der Waals surface area (Å²) in [7, 11) is 0. The number of carbonyl (C=O) groups excluding carboxylic acids is 1. The maximum atomic E-state index is 12.5. The molecule has 0 radical (unpaired) electrons. The van der Waals surface area contributed by atoms with Crippen molar-refractivity contribution in [1.82, 2.24) is 20.6 Å². The van der Waals surface area contributed by atoms with Gasteiger partial charge in [-0.25, -0.2) is 4.98 Å². The summed E-state index contributed by atoms with van der Waals surface area (Å²) >= 11 is 5.29. The first-order valence-corrected chi connectivity index (χ1v) is 10.5. The number of hydrogen-bond acceptors (Lipinski definition) is 5. The molecule has 0 aliphatic heterocycles. The van der Waals surface area contributed by atoms with Crippen molar-refractivity contribution in [3.05, 3.63) is 96.2 Å². The Labute approximate surface area is 189 Å². The minimum absolute atomic E-state index is 0.242. The van der Waals surface area contributed by atoms with Crippen LogP contribution in [0.25, 0.3) is 33.5 Å². The Morgan fingerprint density at radius 3 is 2.56 bits per heavy atom. The lowest BCUT2D eigenvalue weighted by atomic mass is 10.1. The molecule has 156 valence electrons. The van der Waals surface area contributed by atoms with Crippen molar-refractivity contribution in [1.29, 1.82) is 0 Å². The fourth-order valence-corrected chi connectivity index (χ4v) is 3.55. The smallest absolute Gasteiger partial charge is 0.257 e. The topological polar surface area (TPSA) is 80.0 Å². The van der Waals surface area contributed by atoms with Crippen molar-refractivity contribution in [3.8, 4) is 11.5 Å². The molecule has 5 aromatic rings. The molecule has 0 fully saturated rings. The summed E-state index contributed by atoms with van der Waals surface area (Å²) in [5.41, 5.74) is 3.66. The third-order valence-corrected chi connectivity index (χ3v) is 5.30. The Bertz CT molecular complexity index is 1410. The molecule has 0 bridgehead atoms. The molecule has 32 heavy (non-hydrogen) atoms. The number of hydrogen-bond donors (Lipinski definition) is 2. The second kappa shape index (κ2) is 8.56. The van der Waals surface area contributed by atoms with E-state index in [1.165, 1.54) is 0 Å². The third-order valence-electron chi connectivity index (χ3n) is 5.06. The maximum absolute atomic E-state index is 12.5. The Hall–Kier alpha value is -4.10. The van der Waals surface area contributed by atoms with Gasteiger partial charge in [-0.2, -0.15) is 4.98 Å². The lowest BCUT2D eigenvalue weighted by Gasteiger charge is -2.10. The van der Waals surface area contributed by atoms with Crippen molar-refractivity contribution < 1.29 is 9.21 Å². The molecule has 0 aliphatic rings. The maximum Gasteiger partial charge on any atom is 0.257 e. The summed E-state index contributed by atoms with van der Waals surface area (Å²) in [6.07, 6.45) is 1.69. The van der Waals surface area contributed by atoms with Crippen molar-refractivity contribution in [2.24, 2.45) is 0 Å². The van der Waals surface area contributed by atoms with Crippen molar-refractivity contribution in [3.63, 3.8) is 0 Å². The first kappa shape index (κ1) is 19.8. The normalized spacial score (nSPS) is 10.9. The van der Waals surface area contributed by atoms with Crippen LogP contribution in [0, 0.1) is 0 Å². The molecule has 0 saturated carbocycles. The van der Waals surface area contributed by atoms with Gasteiger partial charge >= 0.3 is 0 Å². The van der Waals surface area contributed by atoms with Crippen LogP contribution < -0.4 is 10.6 Å². The van der Waals surface area contributed by atoms with E-state index in [4.69, 9.17) is 16.6 Å². The summed E-state index contributed by atoms with van der Waals surface area (Å²) in [5.74, 6) is 0.282. The van der Waals surface area contributed by atoms with Crippen molar-refractivity contribution in [2.45, 2.75) is 6.54 Å². The highest BCUT2D eigenvalue weighted by atomic mass is 32.1. The van der Waals surface area contributed by atoms with Gasteiger partial charge in [0.15, 0.2) is 16.3 Å². The molecule has 0 aliphatic carbocycles. The molecule has 2 heterocycles. The summed E-state index contributed by atoms with van der Waals surface area (Å²) < 4.78 is 5.75. The Balaban J connectivity index is 1.19. The van der Waals surface area contributed by atoms with Gasteiger partial charge in [0.1, 0.15) is 0 Å². The molecule has 5 rings (SSSR count). The fraction of sp³-hybridized carbons (Fsp3) is 0.0400. The van der Waals surface area contributed by atoms with E-state index in [1.54, 1.807) is 12.3 Å². The molecule has 0 saturated heterocycles. The van der Waals surface area contributed by atoms with Gasteiger partial charge in [0.05, 0.1) is 0 Å². The van der Waals surface area contributed by atoms with Gasteiger partial charge in [-0.15, -0.1) is 0 Å². The van der Waals surface area contributed by atoms with Crippen molar-refractivity contribution >= 4 is 45.2 Å². The molecular formula is C25H18N4O2S. The number of benzene rings is 3. The van der Waals surface area contributed by atoms with Crippen LogP contribution in [-0.4, -0.2) is 21.0 Å². The van der Waals surface area contributed by atoms with Gasteiger partial charge in [-0.1, -0.05) is 42.5 Å². The van der Waals surface area contributed by atoms with E-state index < -0.39 is 0 Å². The monoisotopic (exact) mass is 438 g/mol. The highest BCUT2D eigenvalue weighted by Crippen LogP contribution is 2.23. The summed E-state index contributed by atoms with van der Waals surface area (Å²) in [6, 6.07) is 24.9. The number of nitrogens with zero attached hydrogens (tertiary/aromatic N) is 2. The van der Waals surface area contributed by atoms with Crippen LogP contribution in [0.1, 0.15) is 15.9 Å². The first-order chi connectivity index (χ1) is 15.7. The third kappa shape index (κ3) is 4.19. The molecule has 3 aromatic carbocycles. The molecule has 0 atom stereocenters. The number of fused-ring (bicyclic) bond motifs is 2. The Morgan fingerprint density at radius 2 is 1.75 bits per heavy atom. The zero-order valence-corrected chi connectivity index (χ0v) is 17.7. The number of nitrogens with one attached hydrogen (secondary N) is 2. The molecule has 6 nitrogen and oxygen atoms in total. The minimum atomic E-state index is -0.242. The van der Waals surface area contributed by atoms with Crippen LogP contribution in [0.4, 0.5) is 0 Å². The molecule has 7 heteroatoms. The summed E-state index contributed by atoms with van der Waals surface area (Å²) in [6.45, 7) is 0.478. The Morgan fingerprint density at radius 1 is 0.938 bits per heavy atom. The highest BCUT2D eigenvalue weighted by molar-refractivity contribution is 7.80. The van der Waals surface area contributed by atoms with Crippen LogP contribution in [0.3, 0.4) is 0 Å².